The number of methoxy groups -OCH3 is 1. The number of amides is 2. The number of benzene rings is 2. The number of rotatable bonds is 11. The van der Waals surface area contributed by atoms with Gasteiger partial charge in [0.25, 0.3) is 11.8 Å². The molecular formula is C30H29N5O4S. The molecule has 0 fully saturated rings. The normalized spacial score (nSPS) is 12.5. The number of hydrogen-bond donors (Lipinski definition) is 1. The van der Waals surface area contributed by atoms with Crippen LogP contribution in [0.15, 0.2) is 79.1 Å². The molecule has 9 nitrogen and oxygen atoms in total. The molecule has 1 aliphatic heterocycles. The quantitative estimate of drug-likeness (QED) is 0.168. The minimum Gasteiger partial charge on any atom is -0.491 e. The van der Waals surface area contributed by atoms with Crippen molar-refractivity contribution >= 4 is 39.9 Å². The van der Waals surface area contributed by atoms with Crippen LogP contribution in [0.4, 0.5) is 0 Å². The minimum absolute atomic E-state index is 0.154. The SMILES string of the molecule is COCCOc1ccc2c3c(cccc13)C(=O)N(CCNC(=S)N(Cc1ccccn1)Cc1ccccn1)C2=O. The highest BCUT2D eigenvalue weighted by molar-refractivity contribution is 7.80. The number of thiocarbonyl (C=S) groups is 1. The van der Waals surface area contributed by atoms with E-state index in [-0.39, 0.29) is 18.4 Å². The largest absolute Gasteiger partial charge is 0.491 e. The van der Waals surface area contributed by atoms with E-state index in [9.17, 15) is 9.59 Å². The summed E-state index contributed by atoms with van der Waals surface area (Å²) in [4.78, 5) is 38.9. The smallest absolute Gasteiger partial charge is 0.261 e. The Morgan fingerprint density at radius 3 is 2.17 bits per heavy atom. The molecule has 0 radical (unpaired) electrons. The summed E-state index contributed by atoms with van der Waals surface area (Å²) < 4.78 is 10.9. The molecule has 2 amide bonds. The molecule has 10 heteroatoms. The van der Waals surface area contributed by atoms with Crippen molar-refractivity contribution in [3.05, 3.63) is 102 Å². The van der Waals surface area contributed by atoms with Gasteiger partial charge in [0.2, 0.25) is 0 Å². The summed E-state index contributed by atoms with van der Waals surface area (Å²) in [6.07, 6.45) is 3.48. The van der Waals surface area contributed by atoms with E-state index in [0.717, 1.165) is 16.8 Å². The molecule has 2 aromatic heterocycles. The van der Waals surface area contributed by atoms with Crippen LogP contribution in [0.5, 0.6) is 5.75 Å². The van der Waals surface area contributed by atoms with Gasteiger partial charge in [-0.1, -0.05) is 24.3 Å². The number of hydrogen-bond acceptors (Lipinski definition) is 7. The Labute approximate surface area is 237 Å². The number of imide groups is 1. The van der Waals surface area contributed by atoms with Gasteiger partial charge in [0.1, 0.15) is 12.4 Å². The molecule has 1 N–H and O–H groups in total. The van der Waals surface area contributed by atoms with Crippen molar-refractivity contribution in [1.29, 1.82) is 0 Å². The Balaban J connectivity index is 1.28. The Kier molecular flexibility index (Phi) is 8.58. The second kappa shape index (κ2) is 12.6. The van der Waals surface area contributed by atoms with Crippen LogP contribution >= 0.6 is 12.2 Å². The second-order valence-electron chi connectivity index (χ2n) is 9.17. The molecule has 0 unspecified atom stereocenters. The van der Waals surface area contributed by atoms with Gasteiger partial charge in [0.15, 0.2) is 5.11 Å². The number of nitrogens with zero attached hydrogens (tertiary/aromatic N) is 4. The highest BCUT2D eigenvalue weighted by atomic mass is 32.1. The van der Waals surface area contributed by atoms with E-state index in [1.54, 1.807) is 43.8 Å². The first kappa shape index (κ1) is 27.2. The lowest BCUT2D eigenvalue weighted by Gasteiger charge is -2.29. The first-order chi connectivity index (χ1) is 19.6. The van der Waals surface area contributed by atoms with E-state index in [2.05, 4.69) is 15.3 Å². The topological polar surface area (TPSA) is 96.9 Å². The van der Waals surface area contributed by atoms with Gasteiger partial charge in [-0.2, -0.15) is 0 Å². The monoisotopic (exact) mass is 555 g/mol. The zero-order chi connectivity index (χ0) is 27.9. The summed E-state index contributed by atoms with van der Waals surface area (Å²) in [5, 5.41) is 5.05. The Morgan fingerprint density at radius 1 is 0.875 bits per heavy atom. The summed E-state index contributed by atoms with van der Waals surface area (Å²) in [6, 6.07) is 20.3. The van der Waals surface area contributed by atoms with Crippen LogP contribution in [0, 0.1) is 0 Å². The molecule has 1 aliphatic rings. The lowest BCUT2D eigenvalue weighted by molar-refractivity contribution is 0.0613. The Morgan fingerprint density at radius 2 is 1.55 bits per heavy atom. The molecule has 0 saturated heterocycles. The van der Waals surface area contributed by atoms with Crippen molar-refractivity contribution in [2.24, 2.45) is 0 Å². The molecule has 5 rings (SSSR count). The third-order valence-electron chi connectivity index (χ3n) is 6.55. The zero-order valence-corrected chi connectivity index (χ0v) is 22.9. The molecule has 2 aromatic carbocycles. The van der Waals surface area contributed by atoms with Gasteiger partial charge in [-0.05, 0) is 54.7 Å². The van der Waals surface area contributed by atoms with Crippen LogP contribution in [-0.2, 0) is 17.8 Å². The molecule has 0 aliphatic carbocycles. The summed E-state index contributed by atoms with van der Waals surface area (Å²) in [6.45, 7) is 2.21. The van der Waals surface area contributed by atoms with E-state index in [0.29, 0.717) is 60.2 Å². The molecular weight excluding hydrogens is 526 g/mol. The first-order valence-electron chi connectivity index (χ1n) is 12.9. The lowest BCUT2D eigenvalue weighted by Crippen LogP contribution is -2.46. The lowest BCUT2D eigenvalue weighted by atomic mass is 9.93. The van der Waals surface area contributed by atoms with Gasteiger partial charge in [-0.15, -0.1) is 0 Å². The Hall–Kier alpha value is -4.41. The van der Waals surface area contributed by atoms with Crippen molar-refractivity contribution in [3.63, 3.8) is 0 Å². The second-order valence-corrected chi connectivity index (χ2v) is 9.56. The summed E-state index contributed by atoms with van der Waals surface area (Å²) >= 11 is 5.72. The standard InChI is InChI=1S/C30H29N5O4S/c1-38-17-18-39-26-12-11-25-27-23(26)9-6-10-24(27)28(36)35(29(25)37)16-15-33-30(40)34(19-21-7-2-4-13-31-21)20-22-8-3-5-14-32-22/h2-14H,15-20H2,1H3,(H,33,40). The van der Waals surface area contributed by atoms with Crippen LogP contribution in [0.25, 0.3) is 10.8 Å². The fourth-order valence-electron chi connectivity index (χ4n) is 4.64. The van der Waals surface area contributed by atoms with Gasteiger partial charge in [0, 0.05) is 54.5 Å². The van der Waals surface area contributed by atoms with Gasteiger partial charge in [0.05, 0.1) is 31.1 Å². The molecule has 0 atom stereocenters. The molecule has 4 aromatic rings. The summed E-state index contributed by atoms with van der Waals surface area (Å²) in [5.41, 5.74) is 2.66. The number of nitrogens with one attached hydrogen (secondary N) is 1. The maximum Gasteiger partial charge on any atom is 0.261 e. The number of carbonyl (C=O) groups excluding carboxylic acids is 2. The fourth-order valence-corrected chi connectivity index (χ4v) is 4.87. The van der Waals surface area contributed by atoms with Crippen LogP contribution < -0.4 is 10.1 Å². The summed E-state index contributed by atoms with van der Waals surface area (Å²) in [7, 11) is 1.60. The number of pyridine rings is 2. The third-order valence-corrected chi connectivity index (χ3v) is 6.96. The molecule has 0 spiro atoms. The number of aromatic nitrogens is 2. The van der Waals surface area contributed by atoms with Crippen LogP contribution in [0.1, 0.15) is 32.1 Å². The van der Waals surface area contributed by atoms with Crippen LogP contribution in [0.3, 0.4) is 0 Å². The van der Waals surface area contributed by atoms with Crippen LogP contribution in [-0.4, -0.2) is 70.1 Å². The van der Waals surface area contributed by atoms with E-state index in [1.807, 2.05) is 47.4 Å². The van der Waals surface area contributed by atoms with Gasteiger partial charge in [-0.3, -0.25) is 24.5 Å². The third kappa shape index (κ3) is 5.93. The average Bonchev–Trinajstić information content (AvgIpc) is 2.98. The van der Waals surface area contributed by atoms with E-state index in [1.165, 1.54) is 4.90 Å². The van der Waals surface area contributed by atoms with Crippen molar-refractivity contribution in [2.45, 2.75) is 13.1 Å². The predicted molar refractivity (Wildman–Crippen MR) is 155 cm³/mol. The highest BCUT2D eigenvalue weighted by Gasteiger charge is 2.33. The van der Waals surface area contributed by atoms with Gasteiger partial charge >= 0.3 is 0 Å². The van der Waals surface area contributed by atoms with Gasteiger partial charge in [-0.25, -0.2) is 0 Å². The Bertz CT molecular complexity index is 1450. The van der Waals surface area contributed by atoms with Crippen molar-refractivity contribution in [1.82, 2.24) is 25.1 Å². The van der Waals surface area contributed by atoms with E-state index >= 15 is 0 Å². The maximum atomic E-state index is 13.4. The first-order valence-corrected chi connectivity index (χ1v) is 13.3. The average molecular weight is 556 g/mol. The minimum atomic E-state index is -0.344. The zero-order valence-electron chi connectivity index (χ0n) is 22.1. The molecule has 40 heavy (non-hydrogen) atoms. The predicted octanol–water partition coefficient (Wildman–Crippen LogP) is 3.83. The van der Waals surface area contributed by atoms with E-state index in [4.69, 9.17) is 21.7 Å². The summed E-state index contributed by atoms with van der Waals surface area (Å²) in [5.74, 6) is -0.0769. The molecule has 204 valence electrons. The van der Waals surface area contributed by atoms with E-state index < -0.39 is 0 Å². The molecule has 0 saturated carbocycles. The molecule has 0 bridgehead atoms. The van der Waals surface area contributed by atoms with Crippen molar-refractivity contribution in [3.8, 4) is 5.75 Å². The maximum absolute atomic E-state index is 13.4. The number of ether oxygens (including phenoxy) is 2. The van der Waals surface area contributed by atoms with Crippen molar-refractivity contribution in [2.75, 3.05) is 33.4 Å². The highest BCUT2D eigenvalue weighted by Crippen LogP contribution is 2.35. The molecule has 3 heterocycles. The number of carbonyl (C=O) groups is 2. The van der Waals surface area contributed by atoms with Crippen molar-refractivity contribution < 1.29 is 19.1 Å². The fraction of sp³-hybridized carbons (Fsp3) is 0.233. The van der Waals surface area contributed by atoms with Gasteiger partial charge < -0.3 is 19.7 Å². The van der Waals surface area contributed by atoms with Crippen LogP contribution in [0.2, 0.25) is 0 Å².